The van der Waals surface area contributed by atoms with E-state index in [-0.39, 0.29) is 24.0 Å². The van der Waals surface area contributed by atoms with Crippen LogP contribution in [0.2, 0.25) is 0 Å². The average Bonchev–Trinajstić information content (AvgIpc) is 2.22. The van der Waals surface area contributed by atoms with E-state index >= 15 is 0 Å². The number of halogens is 1. The number of rotatable bonds is 6. The van der Waals surface area contributed by atoms with Crippen LogP contribution in [-0.4, -0.2) is 37.6 Å². The van der Waals surface area contributed by atoms with Crippen molar-refractivity contribution < 1.29 is 0 Å². The molecule has 0 heterocycles. The molecule has 0 saturated heterocycles. The molecule has 0 amide bonds. The summed E-state index contributed by atoms with van der Waals surface area (Å²) < 4.78 is 0. The normalized spacial score (nSPS) is 12.9. The van der Waals surface area contributed by atoms with Gasteiger partial charge in [-0.05, 0) is 31.8 Å². The number of guanidine groups is 1. The maximum atomic E-state index is 4.16. The van der Waals surface area contributed by atoms with Crippen molar-refractivity contribution in [1.82, 2.24) is 10.6 Å². The standard InChI is InChI=1S/C10H23N3S.HI/c1-5-9(2)13-10(11-3)12-7-6-8-14-4;/h9H,5-8H2,1-4H3,(H2,11,12,13);1H. The molecule has 0 aliphatic rings. The van der Waals surface area contributed by atoms with Crippen molar-refractivity contribution in [2.75, 3.05) is 25.6 Å². The second-order valence-corrected chi connectivity index (χ2v) is 4.28. The molecule has 0 aliphatic carbocycles. The van der Waals surface area contributed by atoms with Crippen LogP contribution in [0.5, 0.6) is 0 Å². The van der Waals surface area contributed by atoms with E-state index in [2.05, 4.69) is 35.7 Å². The third kappa shape index (κ3) is 10.6. The first-order chi connectivity index (χ1) is 6.74. The van der Waals surface area contributed by atoms with E-state index in [4.69, 9.17) is 0 Å². The predicted octanol–water partition coefficient (Wildman–Crippen LogP) is 2.32. The van der Waals surface area contributed by atoms with E-state index in [1.165, 1.54) is 12.2 Å². The van der Waals surface area contributed by atoms with Gasteiger partial charge in [0.1, 0.15) is 0 Å². The maximum Gasteiger partial charge on any atom is 0.191 e. The smallest absolute Gasteiger partial charge is 0.191 e. The molecule has 0 rings (SSSR count). The molecule has 0 aliphatic heterocycles. The van der Waals surface area contributed by atoms with Crippen molar-refractivity contribution in [2.24, 2.45) is 4.99 Å². The first-order valence-corrected chi connectivity index (χ1v) is 6.60. The monoisotopic (exact) mass is 345 g/mol. The van der Waals surface area contributed by atoms with Crippen molar-refractivity contribution in [3.8, 4) is 0 Å². The fourth-order valence-corrected chi connectivity index (χ4v) is 1.39. The molecular formula is C10H24IN3S. The van der Waals surface area contributed by atoms with Gasteiger partial charge in [-0.25, -0.2) is 0 Å². The largest absolute Gasteiger partial charge is 0.356 e. The molecule has 0 saturated carbocycles. The number of nitrogens with one attached hydrogen (secondary N) is 2. The molecule has 1 atom stereocenters. The Bertz CT molecular complexity index is 165. The van der Waals surface area contributed by atoms with Crippen LogP contribution in [-0.2, 0) is 0 Å². The number of hydrogen-bond donors (Lipinski definition) is 2. The second-order valence-electron chi connectivity index (χ2n) is 3.30. The minimum atomic E-state index is 0. The van der Waals surface area contributed by atoms with Crippen LogP contribution in [0.3, 0.4) is 0 Å². The Kier molecular flexibility index (Phi) is 14.7. The van der Waals surface area contributed by atoms with Gasteiger partial charge in [-0.3, -0.25) is 4.99 Å². The summed E-state index contributed by atoms with van der Waals surface area (Å²) in [4.78, 5) is 4.16. The van der Waals surface area contributed by atoms with Crippen LogP contribution in [0.4, 0.5) is 0 Å². The molecule has 0 bridgehead atoms. The van der Waals surface area contributed by atoms with Gasteiger partial charge in [0.25, 0.3) is 0 Å². The number of aliphatic imine (C=N–C) groups is 1. The van der Waals surface area contributed by atoms with Crippen LogP contribution in [0.1, 0.15) is 26.7 Å². The lowest BCUT2D eigenvalue weighted by atomic mass is 10.3. The van der Waals surface area contributed by atoms with Crippen molar-refractivity contribution in [3.05, 3.63) is 0 Å². The molecule has 15 heavy (non-hydrogen) atoms. The molecule has 1 unspecified atom stereocenters. The van der Waals surface area contributed by atoms with E-state index in [9.17, 15) is 0 Å². The molecule has 0 aromatic rings. The van der Waals surface area contributed by atoms with Crippen LogP contribution >= 0.6 is 35.7 Å². The average molecular weight is 345 g/mol. The van der Waals surface area contributed by atoms with Gasteiger partial charge < -0.3 is 10.6 Å². The summed E-state index contributed by atoms with van der Waals surface area (Å²) in [6.45, 7) is 5.32. The summed E-state index contributed by atoms with van der Waals surface area (Å²) in [6.07, 6.45) is 4.43. The molecule has 0 spiro atoms. The third-order valence-electron chi connectivity index (χ3n) is 2.04. The van der Waals surface area contributed by atoms with Gasteiger partial charge in [-0.15, -0.1) is 24.0 Å². The predicted molar refractivity (Wildman–Crippen MR) is 82.7 cm³/mol. The zero-order valence-electron chi connectivity index (χ0n) is 10.2. The van der Waals surface area contributed by atoms with Gasteiger partial charge in [0.2, 0.25) is 0 Å². The lowest BCUT2D eigenvalue weighted by Crippen LogP contribution is -2.42. The molecule has 5 heteroatoms. The van der Waals surface area contributed by atoms with E-state index < -0.39 is 0 Å². The van der Waals surface area contributed by atoms with Gasteiger partial charge in [-0.1, -0.05) is 6.92 Å². The Morgan fingerprint density at radius 1 is 1.47 bits per heavy atom. The van der Waals surface area contributed by atoms with E-state index in [1.54, 1.807) is 0 Å². The van der Waals surface area contributed by atoms with E-state index in [1.807, 2.05) is 18.8 Å². The lowest BCUT2D eigenvalue weighted by Gasteiger charge is -2.16. The van der Waals surface area contributed by atoms with Gasteiger partial charge in [0.15, 0.2) is 5.96 Å². The van der Waals surface area contributed by atoms with Gasteiger partial charge in [0, 0.05) is 19.6 Å². The van der Waals surface area contributed by atoms with Crippen molar-refractivity contribution in [3.63, 3.8) is 0 Å². The van der Waals surface area contributed by atoms with Crippen LogP contribution in [0.15, 0.2) is 4.99 Å². The molecular weight excluding hydrogens is 321 g/mol. The minimum absolute atomic E-state index is 0. The van der Waals surface area contributed by atoms with Crippen molar-refractivity contribution in [2.45, 2.75) is 32.7 Å². The molecule has 92 valence electrons. The molecule has 2 N–H and O–H groups in total. The minimum Gasteiger partial charge on any atom is -0.356 e. The van der Waals surface area contributed by atoms with E-state index in [0.29, 0.717) is 6.04 Å². The first-order valence-electron chi connectivity index (χ1n) is 5.20. The fraction of sp³-hybridized carbons (Fsp3) is 0.900. The Hall–Kier alpha value is 0.350. The van der Waals surface area contributed by atoms with Crippen molar-refractivity contribution >= 4 is 41.7 Å². The Labute approximate surface area is 115 Å². The summed E-state index contributed by atoms with van der Waals surface area (Å²) >= 11 is 1.88. The molecule has 3 nitrogen and oxygen atoms in total. The van der Waals surface area contributed by atoms with Crippen LogP contribution < -0.4 is 10.6 Å². The summed E-state index contributed by atoms with van der Waals surface area (Å²) in [5.41, 5.74) is 0. The highest BCUT2D eigenvalue weighted by Crippen LogP contribution is 1.93. The summed E-state index contributed by atoms with van der Waals surface area (Å²) in [5.74, 6) is 2.12. The molecule has 0 fully saturated rings. The number of nitrogens with zero attached hydrogens (tertiary/aromatic N) is 1. The fourth-order valence-electron chi connectivity index (χ4n) is 0.953. The SMILES string of the molecule is CCC(C)NC(=NC)NCCCSC.I. The van der Waals surface area contributed by atoms with E-state index in [0.717, 1.165) is 18.9 Å². The lowest BCUT2D eigenvalue weighted by molar-refractivity contribution is 0.623. The summed E-state index contributed by atoms with van der Waals surface area (Å²) in [6, 6.07) is 0.488. The quantitative estimate of drug-likeness (QED) is 0.336. The number of hydrogen-bond acceptors (Lipinski definition) is 2. The second kappa shape index (κ2) is 12.4. The molecule has 0 aromatic heterocycles. The zero-order valence-corrected chi connectivity index (χ0v) is 13.3. The summed E-state index contributed by atoms with van der Waals surface area (Å²) in [5, 5.41) is 6.62. The topological polar surface area (TPSA) is 36.4 Å². The molecule has 0 radical (unpaired) electrons. The van der Waals surface area contributed by atoms with Crippen molar-refractivity contribution in [1.29, 1.82) is 0 Å². The Morgan fingerprint density at radius 2 is 2.13 bits per heavy atom. The Morgan fingerprint density at radius 3 is 2.60 bits per heavy atom. The van der Waals surface area contributed by atoms with Gasteiger partial charge in [0.05, 0.1) is 0 Å². The Balaban J connectivity index is 0. The highest BCUT2D eigenvalue weighted by atomic mass is 127. The zero-order chi connectivity index (χ0) is 10.8. The first kappa shape index (κ1) is 17.7. The van der Waals surface area contributed by atoms with Crippen LogP contribution in [0.25, 0.3) is 0 Å². The van der Waals surface area contributed by atoms with Gasteiger partial charge in [-0.2, -0.15) is 11.8 Å². The molecule has 0 aromatic carbocycles. The van der Waals surface area contributed by atoms with Gasteiger partial charge >= 0.3 is 0 Å². The number of thioether (sulfide) groups is 1. The third-order valence-corrected chi connectivity index (χ3v) is 2.73. The maximum absolute atomic E-state index is 4.16. The highest BCUT2D eigenvalue weighted by Gasteiger charge is 2.00. The summed E-state index contributed by atoms with van der Waals surface area (Å²) in [7, 11) is 1.81. The highest BCUT2D eigenvalue weighted by molar-refractivity contribution is 14.0. The van der Waals surface area contributed by atoms with Crippen LogP contribution in [0, 0.1) is 0 Å².